The monoisotopic (exact) mass is 473 g/mol. The van der Waals surface area contributed by atoms with Crippen LogP contribution in [0.2, 0.25) is 0 Å². The Bertz CT molecular complexity index is 1250. The van der Waals surface area contributed by atoms with Crippen LogP contribution in [0.3, 0.4) is 0 Å². The number of aromatic nitrogens is 3. The van der Waals surface area contributed by atoms with E-state index in [1.807, 2.05) is 72.2 Å². The Morgan fingerprint density at radius 1 is 1.12 bits per heavy atom. The second-order valence-corrected chi connectivity index (χ2v) is 7.85. The highest BCUT2D eigenvalue weighted by Crippen LogP contribution is 2.28. The summed E-state index contributed by atoms with van der Waals surface area (Å²) in [4.78, 5) is 12.3. The number of carbonyl (C=O) groups is 1. The highest BCUT2D eigenvalue weighted by atomic mass is 32.2. The molecule has 2 aromatic heterocycles. The Morgan fingerprint density at radius 3 is 2.68 bits per heavy atom. The molecule has 0 bridgehead atoms. The molecule has 2 aromatic carbocycles. The lowest BCUT2D eigenvalue weighted by Gasteiger charge is -2.11. The lowest BCUT2D eigenvalue weighted by atomic mass is 10.2. The lowest BCUT2D eigenvalue weighted by Crippen LogP contribution is -2.19. The van der Waals surface area contributed by atoms with Gasteiger partial charge in [-0.25, -0.2) is 5.43 Å². The minimum Gasteiger partial charge on any atom is -0.494 e. The average molecular weight is 474 g/mol. The molecular formula is C25H23N5O3S. The van der Waals surface area contributed by atoms with E-state index in [-0.39, 0.29) is 11.7 Å². The maximum absolute atomic E-state index is 12.3. The summed E-state index contributed by atoms with van der Waals surface area (Å²) >= 11 is 1.28. The van der Waals surface area contributed by atoms with Gasteiger partial charge in [0, 0.05) is 17.5 Å². The molecule has 4 aromatic rings. The number of nitrogens with one attached hydrogen (secondary N) is 1. The number of hydrogen-bond acceptors (Lipinski definition) is 7. The Morgan fingerprint density at radius 2 is 1.94 bits per heavy atom. The van der Waals surface area contributed by atoms with E-state index >= 15 is 0 Å². The SMILES string of the molecule is CCOc1ccc(-n2c(SCC(=O)N/N=C/C=C/c3ccco3)nnc2-c2ccccc2)cc1. The van der Waals surface area contributed by atoms with Crippen molar-refractivity contribution < 1.29 is 13.9 Å². The van der Waals surface area contributed by atoms with Gasteiger partial charge in [-0.3, -0.25) is 9.36 Å². The number of hydrazone groups is 1. The normalized spacial score (nSPS) is 11.3. The number of benzene rings is 2. The number of amides is 1. The Balaban J connectivity index is 1.46. The molecule has 1 amide bonds. The molecule has 0 saturated carbocycles. The summed E-state index contributed by atoms with van der Waals surface area (Å²) in [6.45, 7) is 2.54. The second kappa shape index (κ2) is 11.7. The van der Waals surface area contributed by atoms with Crippen molar-refractivity contribution in [3.8, 4) is 22.8 Å². The summed E-state index contributed by atoms with van der Waals surface area (Å²) in [5.74, 6) is 2.05. The summed E-state index contributed by atoms with van der Waals surface area (Å²) < 4.78 is 12.7. The van der Waals surface area contributed by atoms with Crippen LogP contribution >= 0.6 is 11.8 Å². The third-order valence-electron chi connectivity index (χ3n) is 4.56. The van der Waals surface area contributed by atoms with Crippen LogP contribution in [0.4, 0.5) is 0 Å². The molecule has 0 radical (unpaired) electrons. The van der Waals surface area contributed by atoms with Gasteiger partial charge in [0.1, 0.15) is 11.5 Å². The third kappa shape index (κ3) is 6.02. The van der Waals surface area contributed by atoms with Crippen LogP contribution in [0.1, 0.15) is 12.7 Å². The zero-order valence-electron chi connectivity index (χ0n) is 18.5. The number of nitrogens with zero attached hydrogens (tertiary/aromatic N) is 4. The minimum absolute atomic E-state index is 0.128. The van der Waals surface area contributed by atoms with Crippen molar-refractivity contribution >= 4 is 30.0 Å². The minimum atomic E-state index is -0.254. The number of thioether (sulfide) groups is 1. The van der Waals surface area contributed by atoms with Crippen molar-refractivity contribution in [1.82, 2.24) is 20.2 Å². The van der Waals surface area contributed by atoms with Gasteiger partial charge >= 0.3 is 0 Å². The smallest absolute Gasteiger partial charge is 0.250 e. The molecule has 0 atom stereocenters. The molecule has 0 aliphatic carbocycles. The van der Waals surface area contributed by atoms with Crippen molar-refractivity contribution in [3.63, 3.8) is 0 Å². The van der Waals surface area contributed by atoms with Gasteiger partial charge in [-0.05, 0) is 55.5 Å². The van der Waals surface area contributed by atoms with E-state index in [9.17, 15) is 4.79 Å². The van der Waals surface area contributed by atoms with Gasteiger partial charge in [0.2, 0.25) is 0 Å². The van der Waals surface area contributed by atoms with Crippen LogP contribution in [-0.2, 0) is 4.79 Å². The molecule has 172 valence electrons. The molecular weight excluding hydrogens is 450 g/mol. The lowest BCUT2D eigenvalue weighted by molar-refractivity contribution is -0.118. The number of furan rings is 1. The number of allylic oxidation sites excluding steroid dienone is 1. The number of rotatable bonds is 10. The van der Waals surface area contributed by atoms with Crippen LogP contribution in [0.15, 0.2) is 93.7 Å². The molecule has 0 fully saturated rings. The molecule has 34 heavy (non-hydrogen) atoms. The predicted octanol–water partition coefficient (Wildman–Crippen LogP) is 4.83. The Kier molecular flexibility index (Phi) is 7.91. The Hall–Kier alpha value is -4.11. The largest absolute Gasteiger partial charge is 0.494 e. The topological polar surface area (TPSA) is 94.5 Å². The van der Waals surface area contributed by atoms with Gasteiger partial charge in [0.05, 0.1) is 18.6 Å². The highest BCUT2D eigenvalue weighted by Gasteiger charge is 2.17. The van der Waals surface area contributed by atoms with E-state index in [0.717, 1.165) is 17.0 Å². The van der Waals surface area contributed by atoms with Gasteiger partial charge in [0.25, 0.3) is 5.91 Å². The van der Waals surface area contributed by atoms with Gasteiger partial charge in [0.15, 0.2) is 11.0 Å². The fourth-order valence-corrected chi connectivity index (χ4v) is 3.81. The van der Waals surface area contributed by atoms with E-state index in [0.29, 0.717) is 23.3 Å². The predicted molar refractivity (Wildman–Crippen MR) is 133 cm³/mol. The van der Waals surface area contributed by atoms with Crippen molar-refractivity contribution in [2.24, 2.45) is 5.10 Å². The quantitative estimate of drug-likeness (QED) is 0.201. The van der Waals surface area contributed by atoms with Gasteiger partial charge < -0.3 is 9.15 Å². The molecule has 2 heterocycles. The fourth-order valence-electron chi connectivity index (χ4n) is 3.07. The zero-order valence-corrected chi connectivity index (χ0v) is 19.3. The summed E-state index contributed by atoms with van der Waals surface area (Å²) in [7, 11) is 0. The summed E-state index contributed by atoms with van der Waals surface area (Å²) in [6, 6.07) is 21.1. The average Bonchev–Trinajstić information content (AvgIpc) is 3.54. The van der Waals surface area contributed by atoms with Crippen LogP contribution in [0, 0.1) is 0 Å². The van der Waals surface area contributed by atoms with Crippen LogP contribution in [-0.4, -0.2) is 39.2 Å². The first-order valence-electron chi connectivity index (χ1n) is 10.6. The number of carbonyl (C=O) groups excluding carboxylic acids is 1. The molecule has 0 unspecified atom stereocenters. The molecule has 4 rings (SSSR count). The van der Waals surface area contributed by atoms with Crippen molar-refractivity contribution in [2.45, 2.75) is 12.1 Å². The van der Waals surface area contributed by atoms with Crippen LogP contribution in [0.25, 0.3) is 23.2 Å². The maximum Gasteiger partial charge on any atom is 0.250 e. The van der Waals surface area contributed by atoms with Gasteiger partial charge in [-0.1, -0.05) is 42.1 Å². The molecule has 0 saturated heterocycles. The van der Waals surface area contributed by atoms with Crippen LogP contribution < -0.4 is 10.2 Å². The fraction of sp³-hybridized carbons (Fsp3) is 0.120. The number of ether oxygens (including phenoxy) is 1. The zero-order chi connectivity index (χ0) is 23.6. The molecule has 9 heteroatoms. The molecule has 0 aliphatic rings. The van der Waals surface area contributed by atoms with Crippen molar-refractivity contribution in [3.05, 3.63) is 84.8 Å². The van der Waals surface area contributed by atoms with Crippen LogP contribution in [0.5, 0.6) is 5.75 Å². The molecule has 1 N–H and O–H groups in total. The summed E-state index contributed by atoms with van der Waals surface area (Å²) in [5.41, 5.74) is 4.30. The van der Waals surface area contributed by atoms with Gasteiger partial charge in [-0.15, -0.1) is 10.2 Å². The van der Waals surface area contributed by atoms with E-state index < -0.39 is 0 Å². The van der Waals surface area contributed by atoms with Gasteiger partial charge in [-0.2, -0.15) is 5.10 Å². The third-order valence-corrected chi connectivity index (χ3v) is 5.49. The first kappa shape index (κ1) is 23.1. The van der Waals surface area contributed by atoms with E-state index in [4.69, 9.17) is 9.15 Å². The molecule has 8 nitrogen and oxygen atoms in total. The molecule has 0 spiro atoms. The standard InChI is InChI=1S/C25H23N5O3S/c1-2-32-22-14-12-20(13-15-22)30-24(19-8-4-3-5-9-19)28-29-25(30)34-18-23(31)27-26-16-6-10-21-11-7-17-33-21/h3-17H,2,18H2,1H3,(H,27,31)/b10-6+,26-16+. The first-order chi connectivity index (χ1) is 16.7. The molecule has 0 aliphatic heterocycles. The summed E-state index contributed by atoms with van der Waals surface area (Å²) in [6.07, 6.45) is 6.50. The van der Waals surface area contributed by atoms with Crippen molar-refractivity contribution in [2.75, 3.05) is 12.4 Å². The van der Waals surface area contributed by atoms with E-state index in [1.54, 1.807) is 24.5 Å². The number of hydrogen-bond donors (Lipinski definition) is 1. The maximum atomic E-state index is 12.3. The highest BCUT2D eigenvalue weighted by molar-refractivity contribution is 7.99. The van der Waals surface area contributed by atoms with E-state index in [2.05, 4.69) is 20.7 Å². The first-order valence-corrected chi connectivity index (χ1v) is 11.6. The van der Waals surface area contributed by atoms with Crippen molar-refractivity contribution in [1.29, 1.82) is 0 Å². The Labute approximate surface area is 201 Å². The summed E-state index contributed by atoms with van der Waals surface area (Å²) in [5, 5.41) is 13.3. The van der Waals surface area contributed by atoms with E-state index in [1.165, 1.54) is 18.0 Å². The second-order valence-electron chi connectivity index (χ2n) is 6.91.